The highest BCUT2D eigenvalue weighted by atomic mass is 16.5. The number of nitrogens with zero attached hydrogens (tertiary/aromatic N) is 2. The maximum absolute atomic E-state index is 5.80. The SMILES string of the molecule is CCCC[N+]1=C(/C=C/C(C)=C/C=C2\C=CN(CC)c3cc(OC)cc(OC)c32)C(C)(C)c2c1ccc1ccccc21. The number of methoxy groups -OCH3 is 2. The molecule has 0 N–H and O–H groups in total. The summed E-state index contributed by atoms with van der Waals surface area (Å²) < 4.78 is 13.9. The van der Waals surface area contributed by atoms with E-state index in [4.69, 9.17) is 9.47 Å². The van der Waals surface area contributed by atoms with E-state index in [1.165, 1.54) is 39.7 Å². The van der Waals surface area contributed by atoms with E-state index in [0.29, 0.717) is 0 Å². The first-order chi connectivity index (χ1) is 19.8. The molecule has 41 heavy (non-hydrogen) atoms. The van der Waals surface area contributed by atoms with Crippen molar-refractivity contribution in [2.45, 2.75) is 52.9 Å². The monoisotopic (exact) mass is 547 g/mol. The summed E-state index contributed by atoms with van der Waals surface area (Å²) in [6, 6.07) is 17.4. The predicted molar refractivity (Wildman–Crippen MR) is 174 cm³/mol. The number of hydrogen-bond acceptors (Lipinski definition) is 3. The quantitative estimate of drug-likeness (QED) is 0.197. The Morgan fingerprint density at radius 2 is 1.83 bits per heavy atom. The molecule has 0 bridgehead atoms. The number of anilines is 1. The van der Waals surface area contributed by atoms with E-state index in [2.05, 4.69) is 123 Å². The summed E-state index contributed by atoms with van der Waals surface area (Å²) in [6.07, 6.45) is 15.6. The molecule has 4 heteroatoms. The largest absolute Gasteiger partial charge is 0.497 e. The second-order valence-corrected chi connectivity index (χ2v) is 11.4. The highest BCUT2D eigenvalue weighted by Crippen LogP contribution is 2.45. The topological polar surface area (TPSA) is 24.7 Å². The Labute approximate surface area is 245 Å². The van der Waals surface area contributed by atoms with Crippen LogP contribution in [-0.4, -0.2) is 37.6 Å². The Balaban J connectivity index is 1.52. The molecule has 212 valence electrons. The van der Waals surface area contributed by atoms with Crippen molar-refractivity contribution >= 4 is 33.4 Å². The standard InChI is InChI=1S/C37H43N2O2/c1-8-10-22-39-31-19-18-27-13-11-12-14-30(27)36(31)37(4,5)34(39)20-16-26(3)15-17-28-21-23-38(9-2)32-24-29(40-6)25-33(41-7)35(28)32/h11-21,23-25H,8-10,22H2,1-7H3/q+1. The van der Waals surface area contributed by atoms with Crippen LogP contribution in [0.1, 0.15) is 58.6 Å². The lowest BCUT2D eigenvalue weighted by atomic mass is 9.79. The van der Waals surface area contributed by atoms with E-state index in [9.17, 15) is 0 Å². The molecule has 0 spiro atoms. The van der Waals surface area contributed by atoms with Gasteiger partial charge in [-0.25, -0.2) is 0 Å². The summed E-state index contributed by atoms with van der Waals surface area (Å²) in [5, 5.41) is 2.66. The zero-order chi connectivity index (χ0) is 29.1. The first-order valence-electron chi connectivity index (χ1n) is 14.8. The van der Waals surface area contributed by atoms with Gasteiger partial charge in [0.15, 0.2) is 5.71 Å². The Morgan fingerprint density at radius 3 is 2.56 bits per heavy atom. The van der Waals surface area contributed by atoms with Crippen LogP contribution < -0.4 is 14.4 Å². The summed E-state index contributed by atoms with van der Waals surface area (Å²) in [4.78, 5) is 2.22. The molecule has 0 radical (unpaired) electrons. The van der Waals surface area contributed by atoms with Gasteiger partial charge in [0.2, 0.25) is 5.69 Å². The lowest BCUT2D eigenvalue weighted by Gasteiger charge is -2.28. The van der Waals surface area contributed by atoms with Gasteiger partial charge in [0.25, 0.3) is 0 Å². The molecule has 3 aromatic rings. The Bertz CT molecular complexity index is 1620. The van der Waals surface area contributed by atoms with E-state index in [1.807, 2.05) is 6.07 Å². The van der Waals surface area contributed by atoms with Crippen LogP contribution in [0, 0.1) is 0 Å². The third-order valence-electron chi connectivity index (χ3n) is 8.40. The van der Waals surface area contributed by atoms with Crippen LogP contribution in [0.25, 0.3) is 16.3 Å². The minimum atomic E-state index is -0.0970. The molecule has 4 nitrogen and oxygen atoms in total. The van der Waals surface area contributed by atoms with Gasteiger partial charge in [0.1, 0.15) is 18.0 Å². The summed E-state index contributed by atoms with van der Waals surface area (Å²) in [5.41, 5.74) is 8.53. The second kappa shape index (κ2) is 11.8. The van der Waals surface area contributed by atoms with Crippen LogP contribution in [-0.2, 0) is 5.41 Å². The van der Waals surface area contributed by atoms with E-state index in [0.717, 1.165) is 47.8 Å². The molecule has 0 unspecified atom stereocenters. The predicted octanol–water partition coefficient (Wildman–Crippen LogP) is 8.97. The summed E-state index contributed by atoms with van der Waals surface area (Å²) in [7, 11) is 3.41. The fourth-order valence-corrected chi connectivity index (χ4v) is 6.20. The molecule has 0 amide bonds. The zero-order valence-corrected chi connectivity index (χ0v) is 25.6. The third-order valence-corrected chi connectivity index (χ3v) is 8.40. The summed E-state index contributed by atoms with van der Waals surface area (Å²) in [6.45, 7) is 13.2. The van der Waals surface area contributed by atoms with Crippen LogP contribution in [0.2, 0.25) is 0 Å². The maximum Gasteiger partial charge on any atom is 0.210 e. The fraction of sp³-hybridized carbons (Fsp3) is 0.324. The Hall–Kier alpha value is -4.05. The maximum atomic E-state index is 5.80. The van der Waals surface area contributed by atoms with Gasteiger partial charge in [-0.05, 0) is 56.2 Å². The van der Waals surface area contributed by atoms with Crippen LogP contribution in [0.5, 0.6) is 11.5 Å². The van der Waals surface area contributed by atoms with Gasteiger partial charge in [0.05, 0.1) is 25.3 Å². The number of allylic oxidation sites excluding steroid dienone is 7. The van der Waals surface area contributed by atoms with Crippen molar-refractivity contribution in [3.63, 3.8) is 0 Å². The molecule has 5 rings (SSSR count). The molecule has 0 saturated carbocycles. The lowest BCUT2D eigenvalue weighted by molar-refractivity contribution is -0.438. The van der Waals surface area contributed by atoms with E-state index in [1.54, 1.807) is 14.2 Å². The highest BCUT2D eigenvalue weighted by molar-refractivity contribution is 6.07. The van der Waals surface area contributed by atoms with Gasteiger partial charge in [0, 0.05) is 54.6 Å². The van der Waals surface area contributed by atoms with Crippen molar-refractivity contribution in [3.8, 4) is 11.5 Å². The molecule has 0 aromatic heterocycles. The van der Waals surface area contributed by atoms with E-state index >= 15 is 0 Å². The van der Waals surface area contributed by atoms with Crippen molar-refractivity contribution in [2.75, 3.05) is 32.2 Å². The molecule has 0 atom stereocenters. The molecule has 2 heterocycles. The van der Waals surface area contributed by atoms with Gasteiger partial charge < -0.3 is 14.4 Å². The number of ether oxygens (including phenoxy) is 2. The zero-order valence-electron chi connectivity index (χ0n) is 25.6. The normalized spacial score (nSPS) is 17.1. The van der Waals surface area contributed by atoms with Crippen LogP contribution in [0.4, 0.5) is 11.4 Å². The minimum absolute atomic E-state index is 0.0970. The average Bonchev–Trinajstić information content (AvgIpc) is 3.22. The van der Waals surface area contributed by atoms with Crippen LogP contribution in [0.3, 0.4) is 0 Å². The number of hydrogen-bond donors (Lipinski definition) is 0. The smallest absolute Gasteiger partial charge is 0.210 e. The number of fused-ring (bicyclic) bond motifs is 4. The van der Waals surface area contributed by atoms with Gasteiger partial charge >= 0.3 is 0 Å². The van der Waals surface area contributed by atoms with Gasteiger partial charge in [-0.3, -0.25) is 0 Å². The molecule has 0 fully saturated rings. The third kappa shape index (κ3) is 5.24. The number of unbranched alkanes of at least 4 members (excludes halogenated alkanes) is 1. The number of rotatable bonds is 9. The van der Waals surface area contributed by atoms with E-state index < -0.39 is 0 Å². The first-order valence-corrected chi connectivity index (χ1v) is 14.8. The molecular weight excluding hydrogens is 504 g/mol. The van der Waals surface area contributed by atoms with Gasteiger partial charge in [-0.2, -0.15) is 4.58 Å². The molecular formula is C37H43N2O2+. The molecule has 3 aromatic carbocycles. The van der Waals surface area contributed by atoms with Gasteiger partial charge in [-0.1, -0.05) is 61.4 Å². The minimum Gasteiger partial charge on any atom is -0.497 e. The van der Waals surface area contributed by atoms with Crippen molar-refractivity contribution in [2.24, 2.45) is 0 Å². The Kier molecular flexibility index (Phi) is 8.21. The van der Waals surface area contributed by atoms with Gasteiger partial charge in [-0.15, -0.1) is 0 Å². The van der Waals surface area contributed by atoms with Crippen molar-refractivity contribution in [1.29, 1.82) is 0 Å². The van der Waals surface area contributed by atoms with Crippen molar-refractivity contribution in [1.82, 2.24) is 0 Å². The average molecular weight is 548 g/mol. The number of benzene rings is 3. The highest BCUT2D eigenvalue weighted by Gasteiger charge is 2.45. The fourth-order valence-electron chi connectivity index (χ4n) is 6.20. The summed E-state index contributed by atoms with van der Waals surface area (Å²) in [5.74, 6) is 1.61. The first kappa shape index (κ1) is 28.5. The van der Waals surface area contributed by atoms with E-state index in [-0.39, 0.29) is 5.41 Å². The van der Waals surface area contributed by atoms with Crippen molar-refractivity contribution in [3.05, 3.63) is 102 Å². The molecule has 2 aliphatic rings. The molecule has 0 aliphatic carbocycles. The second-order valence-electron chi connectivity index (χ2n) is 11.4. The summed E-state index contributed by atoms with van der Waals surface area (Å²) >= 11 is 0. The van der Waals surface area contributed by atoms with Crippen LogP contribution >= 0.6 is 0 Å². The lowest BCUT2D eigenvalue weighted by Crippen LogP contribution is -2.28. The molecule has 0 saturated heterocycles. The van der Waals surface area contributed by atoms with Crippen molar-refractivity contribution < 1.29 is 14.0 Å². The van der Waals surface area contributed by atoms with Crippen LogP contribution in [0.15, 0.2) is 90.7 Å². The Morgan fingerprint density at radius 1 is 1.02 bits per heavy atom. The molecule has 2 aliphatic heterocycles.